The summed E-state index contributed by atoms with van der Waals surface area (Å²) < 4.78 is 14.1. The summed E-state index contributed by atoms with van der Waals surface area (Å²) in [6, 6.07) is 15.9. The average Bonchev–Trinajstić information content (AvgIpc) is 2.56. The molecule has 0 radical (unpaired) electrons. The molecule has 1 amide bonds. The Morgan fingerprint density at radius 3 is 2.45 bits per heavy atom. The van der Waals surface area contributed by atoms with Gasteiger partial charge in [-0.3, -0.25) is 9.69 Å². The van der Waals surface area contributed by atoms with Crippen LogP contribution >= 0.6 is 0 Å². The van der Waals surface area contributed by atoms with Crippen molar-refractivity contribution < 1.29 is 9.18 Å². The molecule has 1 unspecified atom stereocenters. The highest BCUT2D eigenvalue weighted by atomic mass is 19.1. The molecule has 0 spiro atoms. The third kappa shape index (κ3) is 2.88. The molecule has 22 heavy (non-hydrogen) atoms. The summed E-state index contributed by atoms with van der Waals surface area (Å²) in [6.45, 7) is 1.90. The quantitative estimate of drug-likeness (QED) is 0.851. The smallest absolute Gasteiger partial charge is 0.253 e. The topological polar surface area (TPSA) is 23.6 Å². The van der Waals surface area contributed by atoms with Gasteiger partial charge in [-0.15, -0.1) is 0 Å². The molecule has 2 aromatic rings. The highest BCUT2D eigenvalue weighted by Gasteiger charge is 2.30. The van der Waals surface area contributed by atoms with Crippen molar-refractivity contribution in [3.63, 3.8) is 0 Å². The molecule has 1 aliphatic rings. The van der Waals surface area contributed by atoms with E-state index in [1.54, 1.807) is 12.1 Å². The minimum atomic E-state index is -0.214. The minimum absolute atomic E-state index is 0.00930. The SMILES string of the molecule is CN1CCN(C(=O)c2ccccc2)CC1c1ccccc1F. The molecule has 1 aliphatic heterocycles. The molecule has 0 bridgehead atoms. The number of halogens is 1. The van der Waals surface area contributed by atoms with Crippen molar-refractivity contribution in [2.75, 3.05) is 26.7 Å². The van der Waals surface area contributed by atoms with Crippen molar-refractivity contribution in [1.82, 2.24) is 9.80 Å². The standard InChI is InChI=1S/C18H19FN2O/c1-20-11-12-21(18(22)14-7-3-2-4-8-14)13-17(20)15-9-5-6-10-16(15)19/h2-10,17H,11-13H2,1H3. The summed E-state index contributed by atoms with van der Waals surface area (Å²) in [5.41, 5.74) is 1.33. The number of likely N-dealkylation sites (N-methyl/N-ethyl adjacent to an activating group) is 1. The van der Waals surface area contributed by atoms with E-state index in [2.05, 4.69) is 4.90 Å². The van der Waals surface area contributed by atoms with Crippen LogP contribution in [0.4, 0.5) is 4.39 Å². The van der Waals surface area contributed by atoms with Gasteiger partial charge in [0, 0.05) is 30.8 Å². The fraction of sp³-hybridized carbons (Fsp3) is 0.278. The highest BCUT2D eigenvalue weighted by Crippen LogP contribution is 2.26. The van der Waals surface area contributed by atoms with Gasteiger partial charge in [0.15, 0.2) is 0 Å². The van der Waals surface area contributed by atoms with Crippen LogP contribution in [0.2, 0.25) is 0 Å². The van der Waals surface area contributed by atoms with Gasteiger partial charge in [0.25, 0.3) is 5.91 Å². The molecule has 4 heteroatoms. The van der Waals surface area contributed by atoms with E-state index in [0.717, 1.165) is 6.54 Å². The van der Waals surface area contributed by atoms with Gasteiger partial charge in [-0.25, -0.2) is 4.39 Å². The van der Waals surface area contributed by atoms with Crippen molar-refractivity contribution in [2.24, 2.45) is 0 Å². The number of amides is 1. The summed E-state index contributed by atoms with van der Waals surface area (Å²) in [7, 11) is 1.97. The zero-order chi connectivity index (χ0) is 15.5. The first-order valence-electron chi connectivity index (χ1n) is 7.46. The second kappa shape index (κ2) is 6.28. The Kier molecular flexibility index (Phi) is 4.20. The molecule has 1 fully saturated rings. The maximum absolute atomic E-state index is 14.1. The van der Waals surface area contributed by atoms with E-state index >= 15 is 0 Å². The zero-order valence-corrected chi connectivity index (χ0v) is 12.6. The van der Waals surface area contributed by atoms with Gasteiger partial charge < -0.3 is 4.90 Å². The van der Waals surface area contributed by atoms with Crippen LogP contribution in [0.5, 0.6) is 0 Å². The van der Waals surface area contributed by atoms with Crippen molar-refractivity contribution in [3.05, 3.63) is 71.5 Å². The van der Waals surface area contributed by atoms with Gasteiger partial charge in [0.05, 0.1) is 6.04 Å². The number of hydrogen-bond donors (Lipinski definition) is 0. The van der Waals surface area contributed by atoms with Gasteiger partial charge in [-0.1, -0.05) is 36.4 Å². The number of carbonyl (C=O) groups excluding carboxylic acids is 1. The minimum Gasteiger partial charge on any atom is -0.335 e. The Balaban J connectivity index is 1.82. The monoisotopic (exact) mass is 298 g/mol. The average molecular weight is 298 g/mol. The second-order valence-corrected chi connectivity index (χ2v) is 5.64. The highest BCUT2D eigenvalue weighted by molar-refractivity contribution is 5.94. The van der Waals surface area contributed by atoms with Crippen molar-refractivity contribution in [1.29, 1.82) is 0 Å². The maximum atomic E-state index is 14.1. The molecule has 1 saturated heterocycles. The lowest BCUT2D eigenvalue weighted by atomic mass is 10.0. The van der Waals surface area contributed by atoms with E-state index in [1.165, 1.54) is 6.07 Å². The molecule has 3 nitrogen and oxygen atoms in total. The lowest BCUT2D eigenvalue weighted by molar-refractivity contribution is 0.0540. The number of benzene rings is 2. The molecular formula is C18H19FN2O. The van der Waals surface area contributed by atoms with Gasteiger partial charge >= 0.3 is 0 Å². The van der Waals surface area contributed by atoms with Crippen LogP contribution in [0.3, 0.4) is 0 Å². The predicted octanol–water partition coefficient (Wildman–Crippen LogP) is 2.95. The Morgan fingerprint density at radius 2 is 1.73 bits per heavy atom. The van der Waals surface area contributed by atoms with Crippen molar-refractivity contribution in [2.45, 2.75) is 6.04 Å². The molecular weight excluding hydrogens is 279 g/mol. The molecule has 0 saturated carbocycles. The summed E-state index contributed by atoms with van der Waals surface area (Å²) in [4.78, 5) is 16.5. The molecule has 3 rings (SSSR count). The van der Waals surface area contributed by atoms with Crippen LogP contribution in [0.1, 0.15) is 22.0 Å². The van der Waals surface area contributed by atoms with Gasteiger partial charge in [0.2, 0.25) is 0 Å². The lowest BCUT2D eigenvalue weighted by Crippen LogP contribution is -2.49. The summed E-state index contributed by atoms with van der Waals surface area (Å²) in [6.07, 6.45) is 0. The first-order valence-corrected chi connectivity index (χ1v) is 7.46. The number of hydrogen-bond acceptors (Lipinski definition) is 2. The summed E-state index contributed by atoms with van der Waals surface area (Å²) in [5.74, 6) is -0.205. The van der Waals surface area contributed by atoms with Crippen LogP contribution < -0.4 is 0 Å². The Hall–Kier alpha value is -2.20. The zero-order valence-electron chi connectivity index (χ0n) is 12.6. The number of rotatable bonds is 2. The van der Waals surface area contributed by atoms with Crippen LogP contribution in [0.25, 0.3) is 0 Å². The Labute approximate surface area is 130 Å². The molecule has 0 N–H and O–H groups in total. The van der Waals surface area contributed by atoms with Gasteiger partial charge in [-0.2, -0.15) is 0 Å². The fourth-order valence-electron chi connectivity index (χ4n) is 2.90. The van der Waals surface area contributed by atoms with Crippen LogP contribution in [0.15, 0.2) is 54.6 Å². The van der Waals surface area contributed by atoms with E-state index in [-0.39, 0.29) is 17.8 Å². The predicted molar refractivity (Wildman–Crippen MR) is 84.1 cm³/mol. The number of nitrogens with zero attached hydrogens (tertiary/aromatic N) is 2. The first kappa shape index (κ1) is 14.7. The Morgan fingerprint density at radius 1 is 1.05 bits per heavy atom. The van der Waals surface area contributed by atoms with E-state index < -0.39 is 0 Å². The van der Waals surface area contributed by atoms with E-state index in [1.807, 2.05) is 48.3 Å². The molecule has 1 atom stereocenters. The molecule has 1 heterocycles. The Bertz CT molecular complexity index is 659. The molecule has 114 valence electrons. The van der Waals surface area contributed by atoms with Gasteiger partial charge in [-0.05, 0) is 25.2 Å². The normalized spacial score (nSPS) is 19.2. The van der Waals surface area contributed by atoms with E-state index in [0.29, 0.717) is 24.2 Å². The largest absolute Gasteiger partial charge is 0.335 e. The number of piperazine rings is 1. The molecule has 0 aromatic heterocycles. The molecule has 2 aromatic carbocycles. The number of carbonyl (C=O) groups is 1. The van der Waals surface area contributed by atoms with Crippen LogP contribution in [-0.2, 0) is 0 Å². The lowest BCUT2D eigenvalue weighted by Gasteiger charge is -2.39. The maximum Gasteiger partial charge on any atom is 0.253 e. The first-order chi connectivity index (χ1) is 10.7. The molecule has 0 aliphatic carbocycles. The van der Waals surface area contributed by atoms with Gasteiger partial charge in [0.1, 0.15) is 5.82 Å². The van der Waals surface area contributed by atoms with E-state index in [4.69, 9.17) is 0 Å². The third-order valence-corrected chi connectivity index (χ3v) is 4.22. The summed E-state index contributed by atoms with van der Waals surface area (Å²) in [5, 5.41) is 0. The fourth-order valence-corrected chi connectivity index (χ4v) is 2.90. The second-order valence-electron chi connectivity index (χ2n) is 5.64. The van der Waals surface area contributed by atoms with Crippen LogP contribution in [0, 0.1) is 5.82 Å². The van der Waals surface area contributed by atoms with Crippen molar-refractivity contribution in [3.8, 4) is 0 Å². The van der Waals surface area contributed by atoms with Crippen molar-refractivity contribution >= 4 is 5.91 Å². The van der Waals surface area contributed by atoms with E-state index in [9.17, 15) is 9.18 Å². The summed E-state index contributed by atoms with van der Waals surface area (Å²) >= 11 is 0. The van der Waals surface area contributed by atoms with Crippen LogP contribution in [-0.4, -0.2) is 42.4 Å². The third-order valence-electron chi connectivity index (χ3n) is 4.22.